The summed E-state index contributed by atoms with van der Waals surface area (Å²) in [5, 5.41) is 11.6. The van der Waals surface area contributed by atoms with Gasteiger partial charge in [0.2, 0.25) is 5.69 Å². The van der Waals surface area contributed by atoms with Gasteiger partial charge in [-0.3, -0.25) is 4.79 Å². The van der Waals surface area contributed by atoms with Crippen molar-refractivity contribution < 1.29 is 19.5 Å². The van der Waals surface area contributed by atoms with Crippen LogP contribution in [0.3, 0.4) is 0 Å². The molecule has 8 nitrogen and oxygen atoms in total. The minimum absolute atomic E-state index is 0.0425. The van der Waals surface area contributed by atoms with Gasteiger partial charge in [0.25, 0.3) is 11.7 Å². The normalized spacial score (nSPS) is 19.6. The van der Waals surface area contributed by atoms with Crippen molar-refractivity contribution in [3.8, 4) is 0 Å². The van der Waals surface area contributed by atoms with E-state index in [4.69, 9.17) is 0 Å². The Bertz CT molecular complexity index is 655. The average molecular weight is 351 g/mol. The van der Waals surface area contributed by atoms with Gasteiger partial charge in [-0.1, -0.05) is 33.1 Å². The van der Waals surface area contributed by atoms with Gasteiger partial charge in [-0.05, 0) is 25.7 Å². The van der Waals surface area contributed by atoms with Gasteiger partial charge >= 0.3 is 12.1 Å². The number of hydrogen-bond donors (Lipinski definition) is 2. The monoisotopic (exact) mass is 351 g/mol. The van der Waals surface area contributed by atoms with Gasteiger partial charge in [-0.15, -0.1) is 0 Å². The molecule has 1 aliphatic heterocycles. The van der Waals surface area contributed by atoms with Gasteiger partial charge in [-0.25, -0.2) is 19.5 Å². The topological polar surface area (TPSA) is 101 Å². The number of carbonyl (C=O) groups is 3. The number of urea groups is 1. The van der Waals surface area contributed by atoms with Crippen LogP contribution in [-0.4, -0.2) is 45.8 Å². The van der Waals surface area contributed by atoms with E-state index in [-0.39, 0.29) is 16.0 Å². The molecule has 1 aromatic rings. The predicted molar refractivity (Wildman–Crippen MR) is 93.7 cm³/mol. The molecule has 0 saturated heterocycles. The van der Waals surface area contributed by atoms with Crippen molar-refractivity contribution in [2.75, 3.05) is 13.1 Å². The van der Waals surface area contributed by atoms with Crippen molar-refractivity contribution in [1.29, 1.82) is 0 Å². The van der Waals surface area contributed by atoms with Crippen LogP contribution >= 0.6 is 0 Å². The number of unbranched alkanes of at least 4 members (excludes halogenated alkanes) is 5. The summed E-state index contributed by atoms with van der Waals surface area (Å²) in [5.74, 6) is -0.429. The van der Waals surface area contributed by atoms with Crippen molar-refractivity contribution in [2.45, 2.75) is 58.8 Å². The number of quaternary nitrogens is 1. The van der Waals surface area contributed by atoms with Crippen LogP contribution in [0.1, 0.15) is 69.3 Å². The predicted octanol–water partition coefficient (Wildman–Crippen LogP) is 3.35. The SMILES string of the molecule is CCCCCC[N+]1(CCCCC)C(=O)NC(=O)c2c1ncn2C(=O)O. The lowest BCUT2D eigenvalue weighted by Crippen LogP contribution is -2.64. The zero-order valence-electron chi connectivity index (χ0n) is 15.0. The Morgan fingerprint density at radius 2 is 1.72 bits per heavy atom. The van der Waals surface area contributed by atoms with Crippen LogP contribution < -0.4 is 9.80 Å². The number of aromatic nitrogens is 2. The maximum atomic E-state index is 12.8. The fourth-order valence-electron chi connectivity index (χ4n) is 3.33. The van der Waals surface area contributed by atoms with E-state index in [1.165, 1.54) is 0 Å². The van der Waals surface area contributed by atoms with Gasteiger partial charge in [0.15, 0.2) is 0 Å². The minimum Gasteiger partial charge on any atom is -0.464 e. The highest BCUT2D eigenvalue weighted by Gasteiger charge is 2.50. The molecule has 2 heterocycles. The fourth-order valence-corrected chi connectivity index (χ4v) is 3.33. The van der Waals surface area contributed by atoms with Crippen molar-refractivity contribution in [3.05, 3.63) is 12.0 Å². The van der Waals surface area contributed by atoms with Crippen molar-refractivity contribution >= 4 is 23.8 Å². The third kappa shape index (κ3) is 3.73. The van der Waals surface area contributed by atoms with Crippen LogP contribution in [0.2, 0.25) is 0 Å². The quantitative estimate of drug-likeness (QED) is 0.525. The number of fused-ring (bicyclic) bond motifs is 1. The van der Waals surface area contributed by atoms with Crippen LogP contribution in [-0.2, 0) is 0 Å². The molecule has 3 amide bonds. The van der Waals surface area contributed by atoms with E-state index in [0.29, 0.717) is 13.1 Å². The highest BCUT2D eigenvalue weighted by atomic mass is 16.4. The van der Waals surface area contributed by atoms with E-state index >= 15 is 0 Å². The number of amides is 3. The molecule has 0 fully saturated rings. The molecule has 1 atom stereocenters. The van der Waals surface area contributed by atoms with E-state index in [1.807, 2.05) is 0 Å². The van der Waals surface area contributed by atoms with Gasteiger partial charge < -0.3 is 5.11 Å². The lowest BCUT2D eigenvalue weighted by molar-refractivity contribution is 0.0920. The molecule has 0 radical (unpaired) electrons. The first-order chi connectivity index (χ1) is 12.0. The maximum Gasteiger partial charge on any atom is 0.430 e. The summed E-state index contributed by atoms with van der Waals surface area (Å²) in [5.41, 5.74) is -0.0425. The third-order valence-corrected chi connectivity index (χ3v) is 4.72. The molecule has 0 aromatic carbocycles. The fraction of sp³-hybridized carbons (Fsp3) is 0.647. The first-order valence-electron chi connectivity index (χ1n) is 9.02. The second-order valence-corrected chi connectivity index (χ2v) is 6.51. The molecule has 1 aliphatic rings. The minimum atomic E-state index is -1.28. The van der Waals surface area contributed by atoms with Gasteiger partial charge in [-0.2, -0.15) is 9.47 Å². The van der Waals surface area contributed by atoms with Crippen LogP contribution in [0, 0.1) is 0 Å². The summed E-state index contributed by atoms with van der Waals surface area (Å²) in [7, 11) is 0. The summed E-state index contributed by atoms with van der Waals surface area (Å²) in [6.45, 7) is 5.23. The number of imidazole rings is 1. The molecule has 1 aromatic heterocycles. The molecule has 2 N–H and O–H groups in total. The lowest BCUT2D eigenvalue weighted by atomic mass is 10.1. The van der Waals surface area contributed by atoms with Gasteiger partial charge in [0.05, 0.1) is 13.1 Å². The van der Waals surface area contributed by atoms with E-state index in [0.717, 1.165) is 55.8 Å². The van der Waals surface area contributed by atoms with Crippen molar-refractivity contribution in [1.82, 2.24) is 19.4 Å². The highest BCUT2D eigenvalue weighted by Crippen LogP contribution is 2.31. The molecule has 2 rings (SSSR count). The number of rotatable bonds is 9. The number of nitrogens with one attached hydrogen (secondary N) is 1. The Morgan fingerprint density at radius 3 is 2.32 bits per heavy atom. The third-order valence-electron chi connectivity index (χ3n) is 4.72. The zero-order chi connectivity index (χ0) is 18.4. The molecule has 0 aliphatic carbocycles. The van der Waals surface area contributed by atoms with Crippen molar-refractivity contribution in [3.63, 3.8) is 0 Å². The number of nitrogens with zero attached hydrogens (tertiary/aromatic N) is 3. The molecular formula is C17H27N4O4+. The first-order valence-corrected chi connectivity index (χ1v) is 9.02. The molecule has 8 heteroatoms. The van der Waals surface area contributed by atoms with E-state index < -0.39 is 18.0 Å². The Kier molecular flexibility index (Phi) is 6.30. The smallest absolute Gasteiger partial charge is 0.430 e. The van der Waals surface area contributed by atoms with E-state index in [9.17, 15) is 19.5 Å². The largest absolute Gasteiger partial charge is 0.464 e. The van der Waals surface area contributed by atoms with E-state index in [1.54, 1.807) is 0 Å². The molecular weight excluding hydrogens is 324 g/mol. The number of imide groups is 1. The molecule has 0 spiro atoms. The molecule has 25 heavy (non-hydrogen) atoms. The standard InChI is InChI=1S/C17H26N4O4/c1-3-5-7-9-11-21(10-8-6-4-2)14-13(15(22)19-16(21)23)20(12-18-14)17(24)25/h12H,3-11H2,1-2H3,(H-,19,22,23,24,25)/p+1. The maximum absolute atomic E-state index is 12.8. The summed E-state index contributed by atoms with van der Waals surface area (Å²) in [6.07, 6.45) is 6.58. The Labute approximate surface area is 147 Å². The van der Waals surface area contributed by atoms with Gasteiger partial charge in [0, 0.05) is 0 Å². The van der Waals surface area contributed by atoms with Crippen LogP contribution in [0.25, 0.3) is 0 Å². The van der Waals surface area contributed by atoms with E-state index in [2.05, 4.69) is 24.1 Å². The Morgan fingerprint density at radius 1 is 1.12 bits per heavy atom. The second-order valence-electron chi connectivity index (χ2n) is 6.51. The Balaban J connectivity index is 2.41. The average Bonchev–Trinajstić information content (AvgIpc) is 3.02. The van der Waals surface area contributed by atoms with Gasteiger partial charge in [0.1, 0.15) is 6.33 Å². The summed E-state index contributed by atoms with van der Waals surface area (Å²) in [6, 6.07) is -0.402. The molecule has 138 valence electrons. The summed E-state index contributed by atoms with van der Waals surface area (Å²) >= 11 is 0. The summed E-state index contributed by atoms with van der Waals surface area (Å²) in [4.78, 5) is 40.5. The molecule has 1 unspecified atom stereocenters. The first kappa shape index (κ1) is 19.1. The number of carbonyl (C=O) groups excluding carboxylic acids is 2. The highest BCUT2D eigenvalue weighted by molar-refractivity contribution is 6.14. The second kappa shape index (κ2) is 8.24. The number of carboxylic acid groups (broad SMARTS) is 1. The Hall–Kier alpha value is -2.22. The molecule has 0 bridgehead atoms. The molecule has 0 saturated carbocycles. The van der Waals surface area contributed by atoms with Crippen LogP contribution in [0.5, 0.6) is 0 Å². The number of hydrogen-bond acceptors (Lipinski definition) is 4. The van der Waals surface area contributed by atoms with Crippen LogP contribution in [0.4, 0.5) is 15.4 Å². The van der Waals surface area contributed by atoms with Crippen molar-refractivity contribution in [2.24, 2.45) is 0 Å². The zero-order valence-corrected chi connectivity index (χ0v) is 15.0. The summed E-state index contributed by atoms with van der Waals surface area (Å²) < 4.78 is 0.709. The lowest BCUT2D eigenvalue weighted by Gasteiger charge is -2.36. The van der Waals surface area contributed by atoms with Crippen LogP contribution in [0.15, 0.2) is 6.33 Å².